The van der Waals surface area contributed by atoms with Gasteiger partial charge in [-0.3, -0.25) is 4.79 Å². The Hall–Kier alpha value is -0.610. The van der Waals surface area contributed by atoms with Crippen LogP contribution in [-0.4, -0.2) is 50.3 Å². The van der Waals surface area contributed by atoms with Crippen molar-refractivity contribution < 1.29 is 14.3 Å². The van der Waals surface area contributed by atoms with Gasteiger partial charge >= 0.3 is 0 Å². The lowest BCUT2D eigenvalue weighted by Crippen LogP contribution is -2.43. The van der Waals surface area contributed by atoms with Crippen LogP contribution in [0.1, 0.15) is 33.1 Å². The van der Waals surface area contributed by atoms with E-state index in [-0.39, 0.29) is 12.0 Å². The normalized spacial score (nSPS) is 20.9. The minimum absolute atomic E-state index is 0.190. The third kappa shape index (κ3) is 5.50. The average molecular weight is 243 g/mol. The summed E-state index contributed by atoms with van der Waals surface area (Å²) in [7, 11) is 1.67. The van der Waals surface area contributed by atoms with Gasteiger partial charge in [0.05, 0.1) is 19.3 Å². The number of likely N-dealkylation sites (tertiary alicyclic amines) is 1. The van der Waals surface area contributed by atoms with Gasteiger partial charge in [0.15, 0.2) is 0 Å². The van der Waals surface area contributed by atoms with Crippen molar-refractivity contribution in [2.75, 3.05) is 33.4 Å². The molecule has 4 heteroatoms. The predicted molar refractivity (Wildman–Crippen MR) is 66.9 cm³/mol. The van der Waals surface area contributed by atoms with Crippen LogP contribution in [0.3, 0.4) is 0 Å². The van der Waals surface area contributed by atoms with Gasteiger partial charge in [-0.2, -0.15) is 0 Å². The van der Waals surface area contributed by atoms with E-state index in [2.05, 4.69) is 13.8 Å². The maximum absolute atomic E-state index is 11.9. The summed E-state index contributed by atoms with van der Waals surface area (Å²) in [6.07, 6.45) is 2.93. The molecular formula is C13H25NO3. The van der Waals surface area contributed by atoms with Crippen LogP contribution in [-0.2, 0) is 14.3 Å². The topological polar surface area (TPSA) is 38.8 Å². The van der Waals surface area contributed by atoms with Crippen molar-refractivity contribution >= 4 is 5.91 Å². The molecule has 4 nitrogen and oxygen atoms in total. The second-order valence-electron chi connectivity index (χ2n) is 5.07. The molecule has 1 fully saturated rings. The van der Waals surface area contributed by atoms with Crippen LogP contribution in [0.5, 0.6) is 0 Å². The Labute approximate surface area is 104 Å². The summed E-state index contributed by atoms with van der Waals surface area (Å²) in [5, 5.41) is 0. The lowest BCUT2D eigenvalue weighted by atomic mass is 10.1. The van der Waals surface area contributed by atoms with Gasteiger partial charge in [-0.15, -0.1) is 0 Å². The lowest BCUT2D eigenvalue weighted by Gasteiger charge is -2.33. The van der Waals surface area contributed by atoms with Crippen LogP contribution in [0.2, 0.25) is 0 Å². The quantitative estimate of drug-likeness (QED) is 0.666. The van der Waals surface area contributed by atoms with Crippen LogP contribution in [0.4, 0.5) is 0 Å². The van der Waals surface area contributed by atoms with Gasteiger partial charge in [0.2, 0.25) is 5.91 Å². The molecule has 0 saturated carbocycles. The first kappa shape index (κ1) is 14.5. The van der Waals surface area contributed by atoms with Gasteiger partial charge in [0, 0.05) is 26.6 Å². The third-order valence-corrected chi connectivity index (χ3v) is 2.95. The first-order valence-corrected chi connectivity index (χ1v) is 6.51. The fourth-order valence-electron chi connectivity index (χ4n) is 2.08. The molecule has 1 amide bonds. The Morgan fingerprint density at radius 1 is 1.41 bits per heavy atom. The molecule has 17 heavy (non-hydrogen) atoms. The van der Waals surface area contributed by atoms with Crippen LogP contribution >= 0.6 is 0 Å². The van der Waals surface area contributed by atoms with E-state index in [0.29, 0.717) is 25.6 Å². The van der Waals surface area contributed by atoms with Crippen molar-refractivity contribution in [2.24, 2.45) is 5.92 Å². The Morgan fingerprint density at radius 2 is 2.18 bits per heavy atom. The molecular weight excluding hydrogens is 218 g/mol. The molecule has 100 valence electrons. The van der Waals surface area contributed by atoms with E-state index >= 15 is 0 Å². The number of piperidine rings is 1. The van der Waals surface area contributed by atoms with Gasteiger partial charge in [-0.25, -0.2) is 0 Å². The standard InChI is InChI=1S/C13H25NO3/c1-11(2)9-13(15)14-6-4-5-12(10-14)17-8-7-16-3/h11-12H,4-10H2,1-3H3/t12-/m0/s1. The van der Waals surface area contributed by atoms with Crippen molar-refractivity contribution in [2.45, 2.75) is 39.2 Å². The minimum Gasteiger partial charge on any atom is -0.382 e. The Morgan fingerprint density at radius 3 is 2.82 bits per heavy atom. The van der Waals surface area contributed by atoms with E-state index in [0.717, 1.165) is 25.9 Å². The first-order valence-electron chi connectivity index (χ1n) is 6.51. The van der Waals surface area contributed by atoms with Crippen LogP contribution in [0, 0.1) is 5.92 Å². The smallest absolute Gasteiger partial charge is 0.222 e. The highest BCUT2D eigenvalue weighted by molar-refractivity contribution is 5.76. The molecule has 0 aromatic carbocycles. The number of hydrogen-bond acceptors (Lipinski definition) is 3. The van der Waals surface area contributed by atoms with E-state index in [1.54, 1.807) is 7.11 Å². The maximum atomic E-state index is 11.9. The fraction of sp³-hybridized carbons (Fsp3) is 0.923. The largest absolute Gasteiger partial charge is 0.382 e. The number of nitrogens with zero attached hydrogens (tertiary/aromatic N) is 1. The molecule has 0 N–H and O–H groups in total. The van der Waals surface area contributed by atoms with Crippen molar-refractivity contribution in [3.63, 3.8) is 0 Å². The first-order chi connectivity index (χ1) is 8.13. The number of amides is 1. The summed E-state index contributed by atoms with van der Waals surface area (Å²) in [6, 6.07) is 0. The second kappa shape index (κ2) is 7.67. The predicted octanol–water partition coefficient (Wildman–Crippen LogP) is 1.69. The van der Waals surface area contributed by atoms with E-state index in [9.17, 15) is 4.79 Å². The van der Waals surface area contributed by atoms with Crippen molar-refractivity contribution in [3.05, 3.63) is 0 Å². The van der Waals surface area contributed by atoms with Crippen LogP contribution in [0.15, 0.2) is 0 Å². The summed E-state index contributed by atoms with van der Waals surface area (Å²) < 4.78 is 10.6. The number of carbonyl (C=O) groups is 1. The van der Waals surface area contributed by atoms with E-state index in [1.807, 2.05) is 4.90 Å². The van der Waals surface area contributed by atoms with E-state index < -0.39 is 0 Å². The van der Waals surface area contributed by atoms with Crippen LogP contribution in [0.25, 0.3) is 0 Å². The second-order valence-corrected chi connectivity index (χ2v) is 5.07. The average Bonchev–Trinajstić information content (AvgIpc) is 2.29. The zero-order valence-corrected chi connectivity index (χ0v) is 11.3. The van der Waals surface area contributed by atoms with Gasteiger partial charge < -0.3 is 14.4 Å². The van der Waals surface area contributed by atoms with Gasteiger partial charge in [-0.05, 0) is 18.8 Å². The third-order valence-electron chi connectivity index (χ3n) is 2.95. The number of hydrogen-bond donors (Lipinski definition) is 0. The molecule has 0 aliphatic carbocycles. The molecule has 0 radical (unpaired) electrons. The van der Waals surface area contributed by atoms with Gasteiger partial charge in [0.25, 0.3) is 0 Å². The zero-order valence-electron chi connectivity index (χ0n) is 11.3. The Bertz CT molecular complexity index is 231. The molecule has 1 rings (SSSR count). The molecule has 0 spiro atoms. The number of methoxy groups -OCH3 is 1. The van der Waals surface area contributed by atoms with E-state index in [4.69, 9.17) is 9.47 Å². The van der Waals surface area contributed by atoms with Crippen molar-refractivity contribution in [3.8, 4) is 0 Å². The highest BCUT2D eigenvalue weighted by Gasteiger charge is 2.24. The molecule has 1 saturated heterocycles. The SMILES string of the molecule is COCCO[C@H]1CCCN(C(=O)CC(C)C)C1. The summed E-state index contributed by atoms with van der Waals surface area (Å²) in [5.41, 5.74) is 0. The van der Waals surface area contributed by atoms with Gasteiger partial charge in [-0.1, -0.05) is 13.8 Å². The molecule has 1 aliphatic heterocycles. The summed E-state index contributed by atoms with van der Waals surface area (Å²) >= 11 is 0. The lowest BCUT2D eigenvalue weighted by molar-refractivity contribution is -0.136. The highest BCUT2D eigenvalue weighted by atomic mass is 16.5. The molecule has 1 atom stereocenters. The van der Waals surface area contributed by atoms with Crippen LogP contribution < -0.4 is 0 Å². The summed E-state index contributed by atoms with van der Waals surface area (Å²) in [6.45, 7) is 7.03. The van der Waals surface area contributed by atoms with E-state index in [1.165, 1.54) is 0 Å². The molecule has 0 aromatic heterocycles. The number of carbonyl (C=O) groups excluding carboxylic acids is 1. The molecule has 0 unspecified atom stereocenters. The number of rotatable bonds is 6. The summed E-state index contributed by atoms with van der Waals surface area (Å²) in [5.74, 6) is 0.692. The molecule has 0 bridgehead atoms. The fourth-order valence-corrected chi connectivity index (χ4v) is 2.08. The monoisotopic (exact) mass is 243 g/mol. The maximum Gasteiger partial charge on any atom is 0.222 e. The van der Waals surface area contributed by atoms with Gasteiger partial charge in [0.1, 0.15) is 0 Å². The van der Waals surface area contributed by atoms with Crippen molar-refractivity contribution in [1.29, 1.82) is 0 Å². The zero-order chi connectivity index (χ0) is 12.7. The minimum atomic E-state index is 0.190. The highest BCUT2D eigenvalue weighted by Crippen LogP contribution is 2.15. The number of ether oxygens (including phenoxy) is 2. The summed E-state index contributed by atoms with van der Waals surface area (Å²) in [4.78, 5) is 13.9. The molecule has 0 aromatic rings. The molecule has 1 aliphatic rings. The Kier molecular flexibility index (Phi) is 6.52. The van der Waals surface area contributed by atoms with Crippen molar-refractivity contribution in [1.82, 2.24) is 4.90 Å². The Balaban J connectivity index is 2.30. The molecule has 1 heterocycles.